The minimum Gasteiger partial charge on any atom is -0.276 e. The molecular weight excluding hydrogens is 358 g/mol. The van der Waals surface area contributed by atoms with Gasteiger partial charge in [0.05, 0.1) is 10.9 Å². The van der Waals surface area contributed by atoms with Gasteiger partial charge in [0, 0.05) is 23.1 Å². The predicted octanol–water partition coefficient (Wildman–Crippen LogP) is 2.82. The smallest absolute Gasteiger partial charge is 0.262 e. The van der Waals surface area contributed by atoms with Crippen LogP contribution in [0.15, 0.2) is 57.8 Å². The number of rotatable bonds is 1. The summed E-state index contributed by atoms with van der Waals surface area (Å²) in [5, 5.41) is 0.578. The number of aromatic nitrogens is 2. The molecule has 0 radical (unpaired) electrons. The Morgan fingerprint density at radius 1 is 1.04 bits per heavy atom. The summed E-state index contributed by atoms with van der Waals surface area (Å²) >= 11 is 3.36. The Balaban J connectivity index is 1.82. The topological polar surface area (TPSA) is 55.2 Å². The van der Waals surface area contributed by atoms with Gasteiger partial charge >= 0.3 is 0 Å². The first-order valence-electron chi connectivity index (χ1n) is 7.22. The zero-order valence-electron chi connectivity index (χ0n) is 12.1. The summed E-state index contributed by atoms with van der Waals surface area (Å²) in [6, 6.07) is 14.4. The van der Waals surface area contributed by atoms with Gasteiger partial charge in [0.1, 0.15) is 0 Å². The minimum absolute atomic E-state index is 0.100. The molecule has 6 heteroatoms. The molecule has 23 heavy (non-hydrogen) atoms. The Labute approximate surface area is 140 Å². The standard InChI is InChI=1S/C17H12BrN3O2/c18-12-7-5-11(6-8-12)15(22)20-9-10-21-16(23)13-3-1-2-4-14(13)19-17(20)21/h1-8H,9-10H2. The highest BCUT2D eigenvalue weighted by Crippen LogP contribution is 2.22. The molecule has 1 amide bonds. The van der Waals surface area contributed by atoms with Crippen molar-refractivity contribution in [3.8, 4) is 0 Å². The van der Waals surface area contributed by atoms with E-state index in [0.29, 0.717) is 35.5 Å². The van der Waals surface area contributed by atoms with E-state index in [4.69, 9.17) is 0 Å². The van der Waals surface area contributed by atoms with E-state index in [1.165, 1.54) is 0 Å². The average Bonchev–Trinajstić information content (AvgIpc) is 2.99. The lowest BCUT2D eigenvalue weighted by molar-refractivity contribution is 0.0988. The lowest BCUT2D eigenvalue weighted by atomic mass is 10.2. The van der Waals surface area contributed by atoms with Crippen LogP contribution in [0.2, 0.25) is 0 Å². The van der Waals surface area contributed by atoms with Gasteiger partial charge in [-0.15, -0.1) is 0 Å². The Kier molecular flexibility index (Phi) is 3.27. The summed E-state index contributed by atoms with van der Waals surface area (Å²) in [6.07, 6.45) is 0. The second kappa shape index (κ2) is 5.31. The van der Waals surface area contributed by atoms with Crippen molar-refractivity contribution in [3.05, 3.63) is 68.9 Å². The maximum atomic E-state index is 12.7. The van der Waals surface area contributed by atoms with Gasteiger partial charge in [-0.05, 0) is 36.4 Å². The van der Waals surface area contributed by atoms with Crippen molar-refractivity contribution in [3.63, 3.8) is 0 Å². The van der Waals surface area contributed by atoms with Crippen molar-refractivity contribution in [1.29, 1.82) is 0 Å². The van der Waals surface area contributed by atoms with Crippen LogP contribution in [0.4, 0.5) is 5.95 Å². The van der Waals surface area contributed by atoms with Crippen LogP contribution in [-0.4, -0.2) is 22.0 Å². The van der Waals surface area contributed by atoms with Crippen molar-refractivity contribution >= 4 is 38.7 Å². The molecule has 3 aromatic rings. The zero-order chi connectivity index (χ0) is 16.0. The van der Waals surface area contributed by atoms with Gasteiger partial charge in [-0.1, -0.05) is 28.1 Å². The highest BCUT2D eigenvalue weighted by molar-refractivity contribution is 9.10. The number of para-hydroxylation sites is 1. The second-order valence-corrected chi connectivity index (χ2v) is 6.27. The number of hydrogen-bond acceptors (Lipinski definition) is 3. The predicted molar refractivity (Wildman–Crippen MR) is 91.8 cm³/mol. The molecule has 0 fully saturated rings. The summed E-state index contributed by atoms with van der Waals surface area (Å²) in [7, 11) is 0. The van der Waals surface area contributed by atoms with Gasteiger partial charge in [0.15, 0.2) is 0 Å². The molecule has 2 aromatic carbocycles. The maximum Gasteiger partial charge on any atom is 0.262 e. The molecule has 2 heterocycles. The van der Waals surface area contributed by atoms with Gasteiger partial charge in [-0.3, -0.25) is 19.1 Å². The van der Waals surface area contributed by atoms with Crippen LogP contribution in [0, 0.1) is 0 Å². The fourth-order valence-corrected chi connectivity index (χ4v) is 3.07. The van der Waals surface area contributed by atoms with E-state index in [0.717, 1.165) is 4.47 Å². The van der Waals surface area contributed by atoms with Gasteiger partial charge < -0.3 is 0 Å². The molecule has 114 valence electrons. The number of halogens is 1. The summed E-state index contributed by atoms with van der Waals surface area (Å²) in [5.74, 6) is 0.271. The van der Waals surface area contributed by atoms with Crippen LogP contribution in [0.25, 0.3) is 10.9 Å². The molecule has 0 saturated heterocycles. The monoisotopic (exact) mass is 369 g/mol. The third kappa shape index (κ3) is 2.26. The quantitative estimate of drug-likeness (QED) is 0.662. The Bertz CT molecular complexity index is 979. The molecule has 5 nitrogen and oxygen atoms in total. The van der Waals surface area contributed by atoms with E-state index >= 15 is 0 Å². The molecular formula is C17H12BrN3O2. The number of carbonyl (C=O) groups is 1. The third-order valence-corrected chi connectivity index (χ3v) is 4.50. The van der Waals surface area contributed by atoms with Crippen LogP contribution in [-0.2, 0) is 6.54 Å². The fraction of sp³-hybridized carbons (Fsp3) is 0.118. The number of amides is 1. The number of fused-ring (bicyclic) bond motifs is 2. The lowest BCUT2D eigenvalue weighted by Crippen LogP contribution is -2.30. The normalized spacial score (nSPS) is 13.3. The van der Waals surface area contributed by atoms with Crippen LogP contribution < -0.4 is 10.5 Å². The number of nitrogens with zero attached hydrogens (tertiary/aromatic N) is 3. The first-order valence-corrected chi connectivity index (χ1v) is 8.01. The van der Waals surface area contributed by atoms with Crippen molar-refractivity contribution in [2.45, 2.75) is 6.54 Å². The average molecular weight is 370 g/mol. The summed E-state index contributed by atoms with van der Waals surface area (Å²) in [6.45, 7) is 0.918. The summed E-state index contributed by atoms with van der Waals surface area (Å²) in [4.78, 5) is 31.4. The highest BCUT2D eigenvalue weighted by Gasteiger charge is 2.28. The van der Waals surface area contributed by atoms with Crippen molar-refractivity contribution in [2.75, 3.05) is 11.4 Å². The van der Waals surface area contributed by atoms with Crippen molar-refractivity contribution < 1.29 is 4.79 Å². The number of carbonyl (C=O) groups excluding carboxylic acids is 1. The summed E-state index contributed by atoms with van der Waals surface area (Å²) < 4.78 is 2.48. The van der Waals surface area contributed by atoms with Gasteiger partial charge in [0.25, 0.3) is 11.5 Å². The highest BCUT2D eigenvalue weighted by atomic mass is 79.9. The van der Waals surface area contributed by atoms with Crippen LogP contribution in [0.3, 0.4) is 0 Å². The number of anilines is 1. The van der Waals surface area contributed by atoms with Crippen LogP contribution >= 0.6 is 15.9 Å². The first kappa shape index (κ1) is 14.1. The molecule has 0 unspecified atom stereocenters. The van der Waals surface area contributed by atoms with E-state index in [9.17, 15) is 9.59 Å². The molecule has 0 bridgehead atoms. The Hall–Kier alpha value is -2.47. The molecule has 0 saturated carbocycles. The zero-order valence-corrected chi connectivity index (χ0v) is 13.7. The molecule has 0 spiro atoms. The Morgan fingerprint density at radius 2 is 1.78 bits per heavy atom. The molecule has 4 rings (SSSR count). The fourth-order valence-electron chi connectivity index (χ4n) is 2.80. The molecule has 0 N–H and O–H groups in total. The van der Waals surface area contributed by atoms with E-state index in [1.807, 2.05) is 24.3 Å². The lowest BCUT2D eigenvalue weighted by Gasteiger charge is -2.15. The number of hydrogen-bond donors (Lipinski definition) is 0. The van der Waals surface area contributed by atoms with Gasteiger partial charge in [0.2, 0.25) is 5.95 Å². The van der Waals surface area contributed by atoms with Crippen molar-refractivity contribution in [1.82, 2.24) is 9.55 Å². The molecule has 0 atom stereocenters. The van der Waals surface area contributed by atoms with Crippen LogP contribution in [0.5, 0.6) is 0 Å². The molecule has 0 aliphatic carbocycles. The minimum atomic E-state index is -0.147. The number of benzene rings is 2. The third-order valence-electron chi connectivity index (χ3n) is 3.97. The first-order chi connectivity index (χ1) is 11.1. The van der Waals surface area contributed by atoms with Gasteiger partial charge in [-0.2, -0.15) is 0 Å². The van der Waals surface area contributed by atoms with Gasteiger partial charge in [-0.25, -0.2) is 4.98 Å². The van der Waals surface area contributed by atoms with Crippen LogP contribution in [0.1, 0.15) is 10.4 Å². The molecule has 1 aliphatic heterocycles. The molecule has 1 aromatic heterocycles. The van der Waals surface area contributed by atoms with E-state index in [-0.39, 0.29) is 11.5 Å². The van der Waals surface area contributed by atoms with Crippen molar-refractivity contribution in [2.24, 2.45) is 0 Å². The maximum absolute atomic E-state index is 12.7. The Morgan fingerprint density at radius 3 is 2.57 bits per heavy atom. The van der Waals surface area contributed by atoms with E-state index < -0.39 is 0 Å². The largest absolute Gasteiger partial charge is 0.276 e. The van der Waals surface area contributed by atoms with E-state index in [1.54, 1.807) is 33.7 Å². The van der Waals surface area contributed by atoms with E-state index in [2.05, 4.69) is 20.9 Å². The summed E-state index contributed by atoms with van der Waals surface area (Å²) in [5.41, 5.74) is 1.08. The SMILES string of the molecule is O=C(c1ccc(Br)cc1)N1CCn2c1nc1ccccc1c2=O. The molecule has 1 aliphatic rings. The second-order valence-electron chi connectivity index (χ2n) is 5.35.